The van der Waals surface area contributed by atoms with Crippen LogP contribution in [0.4, 0.5) is 0 Å². The number of hydrogen-bond acceptors (Lipinski definition) is 2. The second-order valence-corrected chi connectivity index (χ2v) is 4.30. The standard InChI is InChI=1S/C13H12S2.2CH4.Sn/c1-9-5-2-3-6-10(9)11-7-4-8-12(14)13(11)15;;;/h2-8,14-15H,1H3;2*1H4;/q;;;+2/p-2. The normalized spacial score (nSPS) is 8.50. The molecule has 0 aliphatic carbocycles. The van der Waals surface area contributed by atoms with Crippen molar-refractivity contribution >= 4 is 49.2 Å². The minimum absolute atomic E-state index is 0. The molecule has 3 heteroatoms. The van der Waals surface area contributed by atoms with E-state index < -0.39 is 0 Å². The maximum absolute atomic E-state index is 5.33. The van der Waals surface area contributed by atoms with Gasteiger partial charge in [0, 0.05) is 0 Å². The largest absolute Gasteiger partial charge is 2.00 e. The number of benzene rings is 2. The molecule has 0 saturated carbocycles. The summed E-state index contributed by atoms with van der Waals surface area (Å²) in [5, 5.41) is 0. The maximum Gasteiger partial charge on any atom is 2.00 e. The summed E-state index contributed by atoms with van der Waals surface area (Å²) in [5.74, 6) is 0. The van der Waals surface area contributed by atoms with Crippen molar-refractivity contribution in [2.75, 3.05) is 0 Å². The Morgan fingerprint density at radius 2 is 1.33 bits per heavy atom. The third-order valence-corrected chi connectivity index (χ3v) is 3.32. The predicted molar refractivity (Wildman–Crippen MR) is 87.1 cm³/mol. The van der Waals surface area contributed by atoms with Crippen LogP contribution in [0.2, 0.25) is 0 Å². The van der Waals surface area contributed by atoms with Gasteiger partial charge in [-0.25, -0.2) is 0 Å². The van der Waals surface area contributed by atoms with Gasteiger partial charge < -0.3 is 25.3 Å². The molecule has 0 unspecified atom stereocenters. The Morgan fingerprint density at radius 1 is 0.778 bits per heavy atom. The smallest absolute Gasteiger partial charge is 0.781 e. The number of aryl methyl sites for hydroxylation is 1. The molecule has 0 fully saturated rings. The second kappa shape index (κ2) is 8.72. The predicted octanol–water partition coefficient (Wildman–Crippen LogP) is 4.37. The van der Waals surface area contributed by atoms with Crippen LogP contribution in [0.15, 0.2) is 52.3 Å². The van der Waals surface area contributed by atoms with Gasteiger partial charge in [0.2, 0.25) is 0 Å². The van der Waals surface area contributed by atoms with Crippen molar-refractivity contribution < 1.29 is 0 Å². The molecule has 0 N–H and O–H groups in total. The molecule has 94 valence electrons. The molecule has 18 heavy (non-hydrogen) atoms. The molecule has 0 saturated heterocycles. The summed E-state index contributed by atoms with van der Waals surface area (Å²) in [4.78, 5) is 1.53. The Bertz CT molecular complexity index is 496. The van der Waals surface area contributed by atoms with E-state index in [1.54, 1.807) is 0 Å². The molecule has 0 nitrogen and oxygen atoms in total. The molecule has 0 heterocycles. The maximum atomic E-state index is 5.33. The van der Waals surface area contributed by atoms with Crippen LogP contribution in [-0.4, -0.2) is 23.9 Å². The summed E-state index contributed by atoms with van der Waals surface area (Å²) < 4.78 is 0. The van der Waals surface area contributed by atoms with Gasteiger partial charge in [0.15, 0.2) is 0 Å². The minimum atomic E-state index is 0. The molecule has 0 aliphatic rings. The van der Waals surface area contributed by atoms with Gasteiger partial charge in [-0.05, 0) is 23.6 Å². The number of rotatable bonds is 1. The van der Waals surface area contributed by atoms with E-state index in [9.17, 15) is 0 Å². The molecule has 2 aromatic carbocycles. The molecular weight excluding hydrogens is 363 g/mol. The van der Waals surface area contributed by atoms with Crippen LogP contribution in [-0.2, 0) is 25.3 Å². The van der Waals surface area contributed by atoms with Crippen LogP contribution < -0.4 is 0 Å². The first kappa shape index (κ1) is 20.0. The molecule has 0 atom stereocenters. The molecule has 2 rings (SSSR count). The average Bonchev–Trinajstić information content (AvgIpc) is 2.23. The van der Waals surface area contributed by atoms with Crippen LogP contribution >= 0.6 is 0 Å². The van der Waals surface area contributed by atoms with Gasteiger partial charge in [-0.1, -0.05) is 57.3 Å². The van der Waals surface area contributed by atoms with Crippen LogP contribution in [0.3, 0.4) is 0 Å². The summed E-state index contributed by atoms with van der Waals surface area (Å²) in [6.45, 7) is 2.08. The molecule has 2 aromatic rings. The van der Waals surface area contributed by atoms with E-state index in [4.69, 9.17) is 25.3 Å². The molecule has 2 radical (unpaired) electrons. The fourth-order valence-electron chi connectivity index (χ4n) is 1.60. The van der Waals surface area contributed by atoms with Gasteiger partial charge in [0.25, 0.3) is 0 Å². The van der Waals surface area contributed by atoms with E-state index in [-0.39, 0.29) is 38.8 Å². The first-order valence-corrected chi connectivity index (χ1v) is 5.55. The van der Waals surface area contributed by atoms with Crippen molar-refractivity contribution in [3.63, 3.8) is 0 Å². The van der Waals surface area contributed by atoms with Gasteiger partial charge in [0.05, 0.1) is 0 Å². The molecule has 0 bridgehead atoms. The first-order valence-electron chi connectivity index (χ1n) is 4.73. The fraction of sp³-hybridized carbons (Fsp3) is 0.200. The zero-order valence-corrected chi connectivity index (χ0v) is 13.3. The Balaban J connectivity index is 0. The monoisotopic (exact) mass is 382 g/mol. The molecule has 0 aliphatic heterocycles. The molecule has 0 spiro atoms. The van der Waals surface area contributed by atoms with Crippen LogP contribution in [0.5, 0.6) is 0 Å². The summed E-state index contributed by atoms with van der Waals surface area (Å²) in [7, 11) is 0. The molecule has 0 aromatic heterocycles. The Labute approximate surface area is 139 Å². The van der Waals surface area contributed by atoms with Gasteiger partial charge in [-0.15, -0.1) is 0 Å². The quantitative estimate of drug-likeness (QED) is 0.532. The van der Waals surface area contributed by atoms with Crippen molar-refractivity contribution in [3.05, 3.63) is 48.0 Å². The Kier molecular flexibility index (Phi) is 9.70. The van der Waals surface area contributed by atoms with Gasteiger partial charge in [-0.2, -0.15) is 9.79 Å². The Hall–Kier alpha value is -0.321. The third-order valence-electron chi connectivity index (χ3n) is 2.41. The molecule has 0 amide bonds. The van der Waals surface area contributed by atoms with Gasteiger partial charge in [-0.3, -0.25) is 0 Å². The van der Waals surface area contributed by atoms with Crippen molar-refractivity contribution in [1.29, 1.82) is 0 Å². The van der Waals surface area contributed by atoms with E-state index in [0.29, 0.717) is 0 Å². The van der Waals surface area contributed by atoms with E-state index in [0.717, 1.165) is 15.4 Å². The van der Waals surface area contributed by atoms with E-state index in [1.165, 1.54) is 11.1 Å². The molecular formula is C15H18S2Sn. The third kappa shape index (κ3) is 4.11. The second-order valence-electron chi connectivity index (χ2n) is 3.45. The Morgan fingerprint density at radius 3 is 1.94 bits per heavy atom. The zero-order chi connectivity index (χ0) is 10.8. The SMILES string of the molecule is C.C.Cc1ccccc1-c1cccc([S-])c1[S-].[Sn+2]. The van der Waals surface area contributed by atoms with Gasteiger partial charge >= 0.3 is 23.9 Å². The van der Waals surface area contributed by atoms with Gasteiger partial charge in [0.1, 0.15) is 0 Å². The van der Waals surface area contributed by atoms with E-state index in [1.807, 2.05) is 30.3 Å². The van der Waals surface area contributed by atoms with Crippen molar-refractivity contribution in [2.45, 2.75) is 31.6 Å². The van der Waals surface area contributed by atoms with Crippen LogP contribution in [0, 0.1) is 6.92 Å². The first-order chi connectivity index (χ1) is 7.20. The van der Waals surface area contributed by atoms with E-state index in [2.05, 4.69) is 19.1 Å². The summed E-state index contributed by atoms with van der Waals surface area (Å²) in [6.07, 6.45) is 0. The minimum Gasteiger partial charge on any atom is -0.781 e. The summed E-state index contributed by atoms with van der Waals surface area (Å²) in [6, 6.07) is 14.1. The topological polar surface area (TPSA) is 0 Å². The van der Waals surface area contributed by atoms with Crippen molar-refractivity contribution in [3.8, 4) is 11.1 Å². The number of hydrogen-bond donors (Lipinski definition) is 0. The zero-order valence-electron chi connectivity index (χ0n) is 8.86. The van der Waals surface area contributed by atoms with E-state index >= 15 is 0 Å². The summed E-state index contributed by atoms with van der Waals surface area (Å²) >= 11 is 10.5. The van der Waals surface area contributed by atoms with Crippen LogP contribution in [0.25, 0.3) is 11.1 Å². The average molecular weight is 381 g/mol. The van der Waals surface area contributed by atoms with Crippen LogP contribution in [0.1, 0.15) is 20.4 Å². The van der Waals surface area contributed by atoms with Crippen molar-refractivity contribution in [1.82, 2.24) is 0 Å². The van der Waals surface area contributed by atoms with Crippen molar-refractivity contribution in [2.24, 2.45) is 0 Å². The fourth-order valence-corrected chi connectivity index (χ4v) is 2.04. The summed E-state index contributed by atoms with van der Waals surface area (Å²) in [5.41, 5.74) is 3.47.